The maximum Gasteiger partial charge on any atom is 0.514 e. The van der Waals surface area contributed by atoms with Crippen molar-refractivity contribution in [2.45, 2.75) is 38.9 Å². The maximum absolute atomic E-state index is 11.3. The van der Waals surface area contributed by atoms with Crippen molar-refractivity contribution in [3.63, 3.8) is 0 Å². The van der Waals surface area contributed by atoms with E-state index in [1.54, 1.807) is 12.1 Å². The molecular formula is C13H19BN2O4. The highest BCUT2D eigenvalue weighted by Gasteiger charge is 2.52. The van der Waals surface area contributed by atoms with Gasteiger partial charge in [-0.15, -0.1) is 0 Å². The molecule has 0 atom stereocenters. The molecule has 0 unspecified atom stereocenters. The van der Waals surface area contributed by atoms with Crippen LogP contribution in [-0.4, -0.2) is 36.3 Å². The number of methoxy groups -OCH3 is 1. The van der Waals surface area contributed by atoms with Gasteiger partial charge in [0.25, 0.3) is 5.91 Å². The van der Waals surface area contributed by atoms with Gasteiger partial charge in [-0.3, -0.25) is 4.79 Å². The molecule has 0 aliphatic carbocycles. The molecule has 1 aliphatic rings. The van der Waals surface area contributed by atoms with E-state index in [1.807, 2.05) is 27.7 Å². The van der Waals surface area contributed by atoms with Gasteiger partial charge >= 0.3 is 7.12 Å². The van der Waals surface area contributed by atoms with Crippen molar-refractivity contribution in [2.75, 3.05) is 7.11 Å². The second-order valence-electron chi connectivity index (χ2n) is 5.75. The number of carbonyl (C=O) groups excluding carboxylic acids is 1. The summed E-state index contributed by atoms with van der Waals surface area (Å²) in [5.74, 6) is -0.417. The van der Waals surface area contributed by atoms with Crippen LogP contribution in [0.25, 0.3) is 0 Å². The van der Waals surface area contributed by atoms with E-state index in [1.165, 1.54) is 7.11 Å². The Morgan fingerprint density at radius 2 is 1.80 bits per heavy atom. The Labute approximate surface area is 118 Å². The van der Waals surface area contributed by atoms with Crippen LogP contribution < -0.4 is 16.1 Å². The molecule has 2 rings (SSSR count). The second kappa shape index (κ2) is 4.75. The number of amides is 1. The zero-order valence-electron chi connectivity index (χ0n) is 12.4. The first-order chi connectivity index (χ1) is 9.18. The lowest BCUT2D eigenvalue weighted by Gasteiger charge is -2.32. The predicted octanol–water partition coefficient (Wildman–Crippen LogP) is 0.488. The fourth-order valence-corrected chi connectivity index (χ4v) is 1.89. The van der Waals surface area contributed by atoms with Crippen molar-refractivity contribution in [1.82, 2.24) is 4.98 Å². The number of hydrogen-bond donors (Lipinski definition) is 1. The summed E-state index contributed by atoms with van der Waals surface area (Å²) in [4.78, 5) is 15.5. The number of hydrogen-bond acceptors (Lipinski definition) is 5. The molecule has 20 heavy (non-hydrogen) atoms. The monoisotopic (exact) mass is 278 g/mol. The molecule has 0 aromatic carbocycles. The third-order valence-corrected chi connectivity index (χ3v) is 3.84. The van der Waals surface area contributed by atoms with Crippen LogP contribution in [0.4, 0.5) is 0 Å². The van der Waals surface area contributed by atoms with Gasteiger partial charge in [-0.25, -0.2) is 4.98 Å². The van der Waals surface area contributed by atoms with Crippen LogP contribution in [-0.2, 0) is 9.31 Å². The van der Waals surface area contributed by atoms with E-state index in [-0.39, 0.29) is 11.4 Å². The van der Waals surface area contributed by atoms with Crippen molar-refractivity contribution >= 4 is 18.6 Å². The summed E-state index contributed by atoms with van der Waals surface area (Å²) in [7, 11) is 0.832. The van der Waals surface area contributed by atoms with Gasteiger partial charge < -0.3 is 19.8 Å². The standard InChI is InChI=1S/C13H19BN2O4/c1-12(2)13(3,4)20-14(19-12)9-7-6-8(10(15)17)11(16-9)18-5/h6-7H,1-5H3,(H2,15,17). The van der Waals surface area contributed by atoms with E-state index >= 15 is 0 Å². The van der Waals surface area contributed by atoms with E-state index in [2.05, 4.69) is 4.98 Å². The van der Waals surface area contributed by atoms with Gasteiger partial charge in [0.2, 0.25) is 5.88 Å². The number of aromatic nitrogens is 1. The van der Waals surface area contributed by atoms with Crippen molar-refractivity contribution in [3.05, 3.63) is 17.7 Å². The number of ether oxygens (including phenoxy) is 1. The molecule has 1 aromatic heterocycles. The van der Waals surface area contributed by atoms with Gasteiger partial charge in [0, 0.05) is 0 Å². The lowest BCUT2D eigenvalue weighted by Crippen LogP contribution is -2.41. The van der Waals surface area contributed by atoms with Crippen molar-refractivity contribution < 1.29 is 18.8 Å². The summed E-state index contributed by atoms with van der Waals surface area (Å²) in [6.45, 7) is 7.84. The third kappa shape index (κ3) is 2.38. The van der Waals surface area contributed by atoms with Gasteiger partial charge in [0.1, 0.15) is 5.56 Å². The smallest absolute Gasteiger partial charge is 0.480 e. The normalized spacial score (nSPS) is 19.9. The molecular weight excluding hydrogens is 259 g/mol. The van der Waals surface area contributed by atoms with E-state index in [4.69, 9.17) is 19.8 Å². The van der Waals surface area contributed by atoms with Gasteiger partial charge in [-0.05, 0) is 39.8 Å². The lowest BCUT2D eigenvalue weighted by atomic mass is 9.84. The Morgan fingerprint density at radius 1 is 1.25 bits per heavy atom. The summed E-state index contributed by atoms with van der Waals surface area (Å²) in [6.07, 6.45) is 0. The number of primary amides is 1. The van der Waals surface area contributed by atoms with Crippen LogP contribution in [0.5, 0.6) is 5.88 Å². The molecule has 1 aromatic rings. The first-order valence-electron chi connectivity index (χ1n) is 6.38. The predicted molar refractivity (Wildman–Crippen MR) is 75.0 cm³/mol. The molecule has 1 fully saturated rings. The summed E-state index contributed by atoms with van der Waals surface area (Å²) in [6, 6.07) is 3.22. The first kappa shape index (κ1) is 14.8. The second-order valence-corrected chi connectivity index (χ2v) is 5.75. The van der Waals surface area contributed by atoms with Crippen molar-refractivity contribution in [3.8, 4) is 5.88 Å². The van der Waals surface area contributed by atoms with Crippen LogP contribution in [0.2, 0.25) is 0 Å². The van der Waals surface area contributed by atoms with Gasteiger partial charge in [0.15, 0.2) is 0 Å². The molecule has 0 bridgehead atoms. The molecule has 1 saturated heterocycles. The molecule has 2 heterocycles. The topological polar surface area (TPSA) is 83.7 Å². The van der Waals surface area contributed by atoms with E-state index in [0.717, 1.165) is 0 Å². The Morgan fingerprint density at radius 3 is 2.25 bits per heavy atom. The number of carbonyl (C=O) groups is 1. The highest BCUT2D eigenvalue weighted by Crippen LogP contribution is 2.36. The van der Waals surface area contributed by atoms with Crippen molar-refractivity contribution in [1.29, 1.82) is 0 Å². The molecule has 1 aliphatic heterocycles. The minimum atomic E-state index is -0.601. The number of nitrogens with zero attached hydrogens (tertiary/aromatic N) is 1. The Kier molecular flexibility index (Phi) is 3.52. The average molecular weight is 278 g/mol. The highest BCUT2D eigenvalue weighted by molar-refractivity contribution is 6.61. The summed E-state index contributed by atoms with van der Waals surface area (Å²) in [5, 5.41) is 0. The minimum absolute atomic E-state index is 0.171. The highest BCUT2D eigenvalue weighted by atomic mass is 16.7. The Hall–Kier alpha value is -1.60. The van der Waals surface area contributed by atoms with Crippen LogP contribution in [0, 0.1) is 0 Å². The summed E-state index contributed by atoms with van der Waals surface area (Å²) < 4.78 is 16.9. The lowest BCUT2D eigenvalue weighted by molar-refractivity contribution is 0.00578. The van der Waals surface area contributed by atoms with Gasteiger partial charge in [-0.1, -0.05) is 0 Å². The van der Waals surface area contributed by atoms with E-state index in [9.17, 15) is 4.79 Å². The van der Waals surface area contributed by atoms with Gasteiger partial charge in [-0.2, -0.15) is 0 Å². The molecule has 0 spiro atoms. The number of pyridine rings is 1. The summed E-state index contributed by atoms with van der Waals surface area (Å²) in [5.41, 5.74) is 5.14. The molecule has 108 valence electrons. The third-order valence-electron chi connectivity index (χ3n) is 3.84. The molecule has 0 saturated carbocycles. The number of nitrogens with two attached hydrogens (primary N) is 1. The fourth-order valence-electron chi connectivity index (χ4n) is 1.89. The molecule has 1 amide bonds. The zero-order valence-corrected chi connectivity index (χ0v) is 12.4. The minimum Gasteiger partial charge on any atom is -0.480 e. The largest absolute Gasteiger partial charge is 0.514 e. The molecule has 6 nitrogen and oxygen atoms in total. The van der Waals surface area contributed by atoms with Crippen LogP contribution >= 0.6 is 0 Å². The van der Waals surface area contributed by atoms with Crippen LogP contribution in [0.15, 0.2) is 12.1 Å². The van der Waals surface area contributed by atoms with Crippen LogP contribution in [0.1, 0.15) is 38.1 Å². The first-order valence-corrected chi connectivity index (χ1v) is 6.38. The molecule has 2 N–H and O–H groups in total. The Bertz CT molecular complexity index is 529. The van der Waals surface area contributed by atoms with Crippen LogP contribution in [0.3, 0.4) is 0 Å². The zero-order chi connectivity index (χ0) is 15.1. The van der Waals surface area contributed by atoms with E-state index < -0.39 is 24.2 Å². The Balaban J connectivity index is 2.34. The van der Waals surface area contributed by atoms with Crippen molar-refractivity contribution in [2.24, 2.45) is 5.73 Å². The fraction of sp³-hybridized carbons (Fsp3) is 0.538. The molecule has 0 radical (unpaired) electrons. The number of rotatable bonds is 3. The quantitative estimate of drug-likeness (QED) is 0.813. The summed E-state index contributed by atoms with van der Waals surface area (Å²) >= 11 is 0. The van der Waals surface area contributed by atoms with Gasteiger partial charge in [0.05, 0.1) is 23.9 Å². The average Bonchev–Trinajstić information content (AvgIpc) is 2.57. The van der Waals surface area contributed by atoms with E-state index in [0.29, 0.717) is 5.59 Å². The maximum atomic E-state index is 11.3. The molecule has 7 heteroatoms. The SMILES string of the molecule is COc1nc(B2OC(C)(C)C(C)(C)O2)ccc1C(N)=O.